The summed E-state index contributed by atoms with van der Waals surface area (Å²) in [5.41, 5.74) is 4.60. The van der Waals surface area contributed by atoms with Crippen LogP contribution in [0.25, 0.3) is 11.2 Å². The second kappa shape index (κ2) is 14.1. The summed E-state index contributed by atoms with van der Waals surface area (Å²) in [6.45, 7) is 12.6. The summed E-state index contributed by atoms with van der Waals surface area (Å²) in [5.74, 6) is -0.650. The van der Waals surface area contributed by atoms with Crippen molar-refractivity contribution in [2.45, 2.75) is 122 Å². The van der Waals surface area contributed by atoms with Gasteiger partial charge in [-0.3, -0.25) is 14.2 Å². The first-order valence-corrected chi connectivity index (χ1v) is 19.2. The van der Waals surface area contributed by atoms with E-state index in [4.69, 9.17) is 33.9 Å². The van der Waals surface area contributed by atoms with E-state index in [0.717, 1.165) is 12.8 Å². The molecule has 2 aliphatic carbocycles. The van der Waals surface area contributed by atoms with Gasteiger partial charge in [0.15, 0.2) is 23.1 Å². The maximum Gasteiger partial charge on any atom is 0.509 e. The first-order valence-electron chi connectivity index (χ1n) is 17.6. The van der Waals surface area contributed by atoms with Gasteiger partial charge in [-0.15, -0.1) is 0 Å². The molecule has 2 aliphatic heterocycles. The summed E-state index contributed by atoms with van der Waals surface area (Å²) in [4.78, 5) is 52.2. The summed E-state index contributed by atoms with van der Waals surface area (Å²) in [6.07, 6.45) is 1.32. The molecule has 18 nitrogen and oxygen atoms in total. The predicted molar refractivity (Wildman–Crippen MR) is 182 cm³/mol. The molecule has 2 aromatic heterocycles. The lowest BCUT2D eigenvalue weighted by atomic mass is 10.1. The minimum atomic E-state index is -4.26. The van der Waals surface area contributed by atoms with Crippen molar-refractivity contribution in [3.63, 3.8) is 0 Å². The average molecular weight is 737 g/mol. The standard InChI is InChI=1S/C32H49N8O10P/c1-8-45-26(41)19(12-16(3)4)38-51(44,39-20(13-17(5)6)27(42)46-9-2)47-14-21-23-32(50-30(43)48-23)28(31(32,7)49-21)40-15-34-22-24(35-18-10-11-18)36-29(33)37-25(22)40/h15-21,23,28H,8-14H2,1-7H3,(H2,38,39,44)(H3,33,35,36,37). The van der Waals surface area contributed by atoms with Crippen LogP contribution in [-0.2, 0) is 42.4 Å². The highest BCUT2D eigenvalue weighted by atomic mass is 31.2. The van der Waals surface area contributed by atoms with E-state index in [1.165, 1.54) is 0 Å². The Morgan fingerprint density at radius 3 is 2.22 bits per heavy atom. The van der Waals surface area contributed by atoms with Crippen molar-refractivity contribution in [1.29, 1.82) is 0 Å². The Morgan fingerprint density at radius 2 is 1.67 bits per heavy atom. The fourth-order valence-electron chi connectivity index (χ4n) is 7.23. The van der Waals surface area contributed by atoms with Gasteiger partial charge in [0.05, 0.1) is 26.1 Å². The van der Waals surface area contributed by atoms with E-state index < -0.39 is 67.3 Å². The lowest BCUT2D eigenvalue weighted by molar-refractivity contribution is -0.146. The number of anilines is 2. The number of carbonyl (C=O) groups is 3. The number of aromatic nitrogens is 4. The molecular weight excluding hydrogens is 687 g/mol. The van der Waals surface area contributed by atoms with Gasteiger partial charge in [-0.2, -0.15) is 9.97 Å². The average Bonchev–Trinajstić information content (AvgIpc) is 3.78. The van der Waals surface area contributed by atoms with Gasteiger partial charge in [-0.1, -0.05) is 27.7 Å². The third kappa shape index (κ3) is 7.12. The van der Waals surface area contributed by atoms with Gasteiger partial charge in [0.1, 0.15) is 29.8 Å². The zero-order chi connectivity index (χ0) is 36.9. The number of carbonyl (C=O) groups excluding carboxylic acids is 3. The normalized spacial score (nSPS) is 28.8. The fraction of sp³-hybridized carbons (Fsp3) is 0.750. The molecule has 19 heteroatoms. The third-order valence-electron chi connectivity index (χ3n) is 9.52. The first kappa shape index (κ1) is 37.2. The van der Waals surface area contributed by atoms with Crippen LogP contribution in [0.1, 0.15) is 80.2 Å². The third-order valence-corrected chi connectivity index (χ3v) is 11.3. The van der Waals surface area contributed by atoms with Gasteiger partial charge in [-0.05, 0) is 58.3 Å². The maximum atomic E-state index is 14.7. The molecule has 7 unspecified atom stereocenters. The van der Waals surface area contributed by atoms with E-state index in [9.17, 15) is 18.9 Å². The second-order valence-electron chi connectivity index (χ2n) is 14.5. The Hall–Kier alpha value is -3.57. The Bertz CT molecular complexity index is 1660. The van der Waals surface area contributed by atoms with Crippen molar-refractivity contribution in [3.05, 3.63) is 6.33 Å². The summed E-state index contributed by atoms with van der Waals surface area (Å²) >= 11 is 0. The van der Waals surface area contributed by atoms with E-state index in [2.05, 4.69) is 30.4 Å². The summed E-state index contributed by atoms with van der Waals surface area (Å²) in [6, 6.07) is -2.38. The minimum absolute atomic E-state index is 0.00869. The van der Waals surface area contributed by atoms with Crippen LogP contribution in [0.5, 0.6) is 0 Å². The molecule has 2 saturated carbocycles. The van der Waals surface area contributed by atoms with Crippen molar-refractivity contribution >= 4 is 48.7 Å². The molecule has 6 rings (SSSR count). The molecule has 7 atom stereocenters. The van der Waals surface area contributed by atoms with Crippen LogP contribution in [0.15, 0.2) is 6.33 Å². The van der Waals surface area contributed by atoms with E-state index in [-0.39, 0.29) is 56.5 Å². The first-order chi connectivity index (χ1) is 24.1. The highest BCUT2D eigenvalue weighted by Gasteiger charge is 2.92. The van der Waals surface area contributed by atoms with Crippen LogP contribution in [0.3, 0.4) is 0 Å². The number of imidazole rings is 1. The quantitative estimate of drug-likeness (QED) is 0.0978. The molecule has 4 aliphatic rings. The molecule has 0 radical (unpaired) electrons. The van der Waals surface area contributed by atoms with Gasteiger partial charge in [0.25, 0.3) is 0 Å². The van der Waals surface area contributed by atoms with Crippen LogP contribution in [0, 0.1) is 11.8 Å². The van der Waals surface area contributed by atoms with Gasteiger partial charge in [-0.25, -0.2) is 20.0 Å². The Labute approximate surface area is 296 Å². The van der Waals surface area contributed by atoms with Crippen molar-refractivity contribution in [2.24, 2.45) is 11.8 Å². The van der Waals surface area contributed by atoms with Crippen molar-refractivity contribution < 1.29 is 47.2 Å². The number of nitrogens with one attached hydrogen (secondary N) is 3. The molecule has 0 bridgehead atoms. The summed E-state index contributed by atoms with van der Waals surface area (Å²) in [7, 11) is -4.26. The van der Waals surface area contributed by atoms with Crippen molar-refractivity contribution in [2.75, 3.05) is 30.9 Å². The molecule has 4 fully saturated rings. The van der Waals surface area contributed by atoms with Crippen LogP contribution in [0.2, 0.25) is 0 Å². The topological polar surface area (TPSA) is 229 Å². The van der Waals surface area contributed by atoms with Crippen molar-refractivity contribution in [3.8, 4) is 0 Å². The molecule has 282 valence electrons. The van der Waals surface area contributed by atoms with Gasteiger partial charge in [0.2, 0.25) is 11.5 Å². The molecule has 2 aromatic rings. The van der Waals surface area contributed by atoms with Crippen LogP contribution < -0.4 is 21.2 Å². The number of hydrogen-bond acceptors (Lipinski definition) is 15. The zero-order valence-corrected chi connectivity index (χ0v) is 30.9. The number of esters is 2. The van der Waals surface area contributed by atoms with Crippen LogP contribution in [0.4, 0.5) is 16.6 Å². The number of nitrogen functional groups attached to an aromatic ring is 1. The number of rotatable bonds is 18. The number of ether oxygens (including phenoxy) is 5. The van der Waals surface area contributed by atoms with Crippen LogP contribution in [-0.4, -0.2) is 99.0 Å². The van der Waals surface area contributed by atoms with Gasteiger partial charge >= 0.3 is 25.8 Å². The molecular formula is C32H49N8O10P. The van der Waals surface area contributed by atoms with Gasteiger partial charge in [0, 0.05) is 6.04 Å². The molecule has 1 spiro atoms. The summed E-state index contributed by atoms with van der Waals surface area (Å²) < 4.78 is 51.2. The molecule has 5 N–H and O–H groups in total. The SMILES string of the molecule is CCOC(=O)C(CC(C)C)NP(=O)(NC(CC(C)C)C(=O)OCC)OCC1OC2(C)C(n3cnc4c(NC5CC5)nc(N)nc43)C23OC(=O)OC13. The van der Waals surface area contributed by atoms with E-state index in [1.807, 2.05) is 27.7 Å². The number of nitrogens with two attached hydrogens (primary N) is 1. The van der Waals surface area contributed by atoms with E-state index in [1.54, 1.807) is 31.7 Å². The number of nitrogens with zero attached hydrogens (tertiary/aromatic N) is 4. The second-order valence-corrected chi connectivity index (χ2v) is 16.4. The van der Waals surface area contributed by atoms with Crippen LogP contribution >= 0.6 is 7.67 Å². The smallest absolute Gasteiger partial charge is 0.465 e. The highest BCUT2D eigenvalue weighted by Crippen LogP contribution is 2.72. The monoisotopic (exact) mass is 736 g/mol. The van der Waals surface area contributed by atoms with E-state index in [0.29, 0.717) is 17.0 Å². The molecule has 0 amide bonds. The molecule has 0 aromatic carbocycles. The Morgan fingerprint density at radius 1 is 1.06 bits per heavy atom. The Balaban J connectivity index is 1.26. The number of hydrogen-bond donors (Lipinski definition) is 4. The fourth-order valence-corrected chi connectivity index (χ4v) is 9.05. The van der Waals surface area contributed by atoms with Crippen molar-refractivity contribution in [1.82, 2.24) is 29.7 Å². The predicted octanol–water partition coefficient (Wildman–Crippen LogP) is 3.23. The van der Waals surface area contributed by atoms with E-state index >= 15 is 0 Å². The minimum Gasteiger partial charge on any atom is -0.465 e. The highest BCUT2D eigenvalue weighted by molar-refractivity contribution is 7.54. The molecule has 4 heterocycles. The molecule has 51 heavy (non-hydrogen) atoms. The Kier molecular flexibility index (Phi) is 10.3. The largest absolute Gasteiger partial charge is 0.509 e. The van der Waals surface area contributed by atoms with Gasteiger partial charge < -0.3 is 43.8 Å². The lowest BCUT2D eigenvalue weighted by Crippen LogP contribution is -2.46. The molecule has 2 saturated heterocycles. The lowest BCUT2D eigenvalue weighted by Gasteiger charge is -2.31. The summed E-state index contributed by atoms with van der Waals surface area (Å²) in [5, 5.41) is 9.04. The zero-order valence-electron chi connectivity index (χ0n) is 30.0. The number of fused-ring (bicyclic) bond motifs is 1. The maximum absolute atomic E-state index is 14.7.